The summed E-state index contributed by atoms with van der Waals surface area (Å²) < 4.78 is 5.62. The van der Waals surface area contributed by atoms with E-state index in [1.54, 1.807) is 0 Å². The van der Waals surface area contributed by atoms with E-state index in [1.807, 2.05) is 24.3 Å². The molecule has 0 fully saturated rings. The van der Waals surface area contributed by atoms with E-state index in [4.69, 9.17) is 9.84 Å². The van der Waals surface area contributed by atoms with E-state index in [2.05, 4.69) is 23.8 Å². The number of nitrogens with one attached hydrogen (secondary N) is 1. The maximum absolute atomic E-state index is 11.5. The first-order valence-electron chi connectivity index (χ1n) is 6.97. The van der Waals surface area contributed by atoms with Crippen LogP contribution in [0.5, 0.6) is 5.75 Å². The van der Waals surface area contributed by atoms with Crippen LogP contribution in [0.3, 0.4) is 0 Å². The number of aromatic nitrogens is 2. The van der Waals surface area contributed by atoms with Gasteiger partial charge in [0.1, 0.15) is 18.2 Å². The third kappa shape index (κ3) is 4.44. The van der Waals surface area contributed by atoms with Gasteiger partial charge in [-0.1, -0.05) is 26.0 Å². The molecule has 0 unspecified atom stereocenters. The average molecular weight is 302 g/mol. The molecule has 0 radical (unpaired) electrons. The van der Waals surface area contributed by atoms with Gasteiger partial charge in [-0.15, -0.1) is 0 Å². The normalized spacial score (nSPS) is 10.7. The van der Waals surface area contributed by atoms with Crippen molar-refractivity contribution in [2.24, 2.45) is 0 Å². The molecule has 0 atom stereocenters. The van der Waals surface area contributed by atoms with Gasteiger partial charge in [-0.05, 0) is 23.6 Å². The second-order valence-electron chi connectivity index (χ2n) is 5.27. The van der Waals surface area contributed by atoms with Gasteiger partial charge in [0.25, 0.3) is 5.56 Å². The number of carboxylic acid groups (broad SMARTS) is 1. The number of hydrogen-bond acceptors (Lipinski definition) is 4. The Morgan fingerprint density at radius 3 is 2.82 bits per heavy atom. The fourth-order valence-corrected chi connectivity index (χ4v) is 1.99. The van der Waals surface area contributed by atoms with E-state index < -0.39 is 5.97 Å². The fourth-order valence-electron chi connectivity index (χ4n) is 1.99. The van der Waals surface area contributed by atoms with Gasteiger partial charge in [0.05, 0.1) is 12.1 Å². The topological polar surface area (TPSA) is 92.3 Å². The summed E-state index contributed by atoms with van der Waals surface area (Å²) in [5.41, 5.74) is 0.977. The molecule has 0 saturated carbocycles. The highest BCUT2D eigenvalue weighted by molar-refractivity contribution is 5.69. The standard InChI is InChI=1S/C16H18N2O4/c1-10(2)11-4-3-5-13(6-11)22-9-14-17-12(8-16(20)21)7-15(19)18-14/h3-7,10H,8-9H2,1-2H3,(H,20,21)(H,17,18,19). The zero-order valence-corrected chi connectivity index (χ0v) is 12.5. The Labute approximate surface area is 127 Å². The number of nitrogens with zero attached hydrogens (tertiary/aromatic N) is 1. The minimum absolute atomic E-state index is 0.0737. The van der Waals surface area contributed by atoms with Gasteiger partial charge in [0.15, 0.2) is 0 Å². The number of carbonyl (C=O) groups is 1. The van der Waals surface area contributed by atoms with Crippen molar-refractivity contribution in [2.75, 3.05) is 0 Å². The average Bonchev–Trinajstić information content (AvgIpc) is 2.44. The molecule has 0 aliphatic heterocycles. The summed E-state index contributed by atoms with van der Waals surface area (Å²) in [5.74, 6) is 0.339. The van der Waals surface area contributed by atoms with E-state index in [0.717, 1.165) is 5.56 Å². The van der Waals surface area contributed by atoms with E-state index >= 15 is 0 Å². The first kappa shape index (κ1) is 15.8. The predicted octanol–water partition coefficient (Wildman–Crippen LogP) is 2.10. The smallest absolute Gasteiger partial charge is 0.309 e. The Balaban J connectivity index is 2.11. The molecule has 1 heterocycles. The number of aromatic amines is 1. The minimum atomic E-state index is -1.03. The Morgan fingerprint density at radius 1 is 1.36 bits per heavy atom. The summed E-state index contributed by atoms with van der Waals surface area (Å²) in [5, 5.41) is 8.76. The second kappa shape index (κ2) is 6.89. The lowest BCUT2D eigenvalue weighted by Crippen LogP contribution is -2.16. The van der Waals surface area contributed by atoms with Crippen molar-refractivity contribution in [1.82, 2.24) is 9.97 Å². The number of carboxylic acids is 1. The number of ether oxygens (including phenoxy) is 1. The third-order valence-electron chi connectivity index (χ3n) is 3.08. The highest BCUT2D eigenvalue weighted by Gasteiger charge is 2.07. The van der Waals surface area contributed by atoms with Gasteiger partial charge in [-0.2, -0.15) is 0 Å². The van der Waals surface area contributed by atoms with Crippen molar-refractivity contribution in [3.8, 4) is 5.75 Å². The molecule has 22 heavy (non-hydrogen) atoms. The number of benzene rings is 1. The van der Waals surface area contributed by atoms with Gasteiger partial charge in [0.2, 0.25) is 0 Å². The van der Waals surface area contributed by atoms with Gasteiger partial charge >= 0.3 is 5.97 Å². The maximum atomic E-state index is 11.5. The molecule has 0 saturated heterocycles. The molecule has 1 aromatic carbocycles. The Bertz CT molecular complexity index is 722. The second-order valence-corrected chi connectivity index (χ2v) is 5.27. The quantitative estimate of drug-likeness (QED) is 0.852. The molecule has 6 heteroatoms. The molecule has 0 spiro atoms. The molecule has 0 aliphatic carbocycles. The molecule has 116 valence electrons. The number of hydrogen-bond donors (Lipinski definition) is 2. The SMILES string of the molecule is CC(C)c1cccc(OCc2nc(CC(=O)O)cc(=O)[nH]2)c1. The van der Waals surface area contributed by atoms with Gasteiger partial charge in [0, 0.05) is 6.07 Å². The summed E-state index contributed by atoms with van der Waals surface area (Å²) in [4.78, 5) is 28.8. The molecule has 1 aromatic heterocycles. The lowest BCUT2D eigenvalue weighted by molar-refractivity contribution is -0.136. The lowest BCUT2D eigenvalue weighted by atomic mass is 10.0. The van der Waals surface area contributed by atoms with Crippen molar-refractivity contribution in [3.63, 3.8) is 0 Å². The van der Waals surface area contributed by atoms with Crippen molar-refractivity contribution in [2.45, 2.75) is 32.8 Å². The summed E-state index contributed by atoms with van der Waals surface area (Å²) in [7, 11) is 0. The van der Waals surface area contributed by atoms with Crippen molar-refractivity contribution in [1.29, 1.82) is 0 Å². The number of H-pyrrole nitrogens is 1. The van der Waals surface area contributed by atoms with Crippen LogP contribution < -0.4 is 10.3 Å². The van der Waals surface area contributed by atoms with Crippen LogP contribution in [-0.4, -0.2) is 21.0 Å². The maximum Gasteiger partial charge on any atom is 0.309 e. The molecule has 2 aromatic rings. The van der Waals surface area contributed by atoms with E-state index in [1.165, 1.54) is 6.07 Å². The van der Waals surface area contributed by atoms with Crippen LogP contribution in [0, 0.1) is 0 Å². The zero-order chi connectivity index (χ0) is 16.1. The van der Waals surface area contributed by atoms with Crippen LogP contribution in [0.4, 0.5) is 0 Å². The molecule has 2 N–H and O–H groups in total. The van der Waals surface area contributed by atoms with Crippen LogP contribution >= 0.6 is 0 Å². The minimum Gasteiger partial charge on any atom is -0.486 e. The lowest BCUT2D eigenvalue weighted by Gasteiger charge is -2.10. The van der Waals surface area contributed by atoms with Gasteiger partial charge in [-0.25, -0.2) is 4.98 Å². The van der Waals surface area contributed by atoms with Crippen LogP contribution in [0.25, 0.3) is 0 Å². The largest absolute Gasteiger partial charge is 0.486 e. The summed E-state index contributed by atoms with van der Waals surface area (Å²) >= 11 is 0. The molecule has 0 aliphatic rings. The molecular formula is C16H18N2O4. The van der Waals surface area contributed by atoms with Crippen LogP contribution in [0.2, 0.25) is 0 Å². The van der Waals surface area contributed by atoms with Gasteiger partial charge < -0.3 is 14.8 Å². The molecule has 6 nitrogen and oxygen atoms in total. The van der Waals surface area contributed by atoms with Crippen LogP contribution in [-0.2, 0) is 17.8 Å². The number of rotatable bonds is 6. The molecule has 0 amide bonds. The summed E-state index contributed by atoms with van der Waals surface area (Å²) in [6.45, 7) is 4.26. The van der Waals surface area contributed by atoms with E-state index in [0.29, 0.717) is 17.5 Å². The molecule has 2 rings (SSSR count). The highest BCUT2D eigenvalue weighted by atomic mass is 16.5. The van der Waals surface area contributed by atoms with Crippen molar-refractivity contribution >= 4 is 5.97 Å². The van der Waals surface area contributed by atoms with E-state index in [9.17, 15) is 9.59 Å². The first-order chi connectivity index (χ1) is 10.4. The summed E-state index contributed by atoms with van der Waals surface area (Å²) in [6.07, 6.45) is -0.292. The highest BCUT2D eigenvalue weighted by Crippen LogP contribution is 2.20. The fraction of sp³-hybridized carbons (Fsp3) is 0.312. The first-order valence-corrected chi connectivity index (χ1v) is 6.97. The monoisotopic (exact) mass is 302 g/mol. The van der Waals surface area contributed by atoms with E-state index in [-0.39, 0.29) is 24.3 Å². The molecular weight excluding hydrogens is 284 g/mol. The van der Waals surface area contributed by atoms with Gasteiger partial charge in [-0.3, -0.25) is 9.59 Å². The number of aliphatic carboxylic acids is 1. The Hall–Kier alpha value is -2.63. The predicted molar refractivity (Wildman–Crippen MR) is 81.1 cm³/mol. The van der Waals surface area contributed by atoms with Crippen LogP contribution in [0.15, 0.2) is 35.1 Å². The van der Waals surface area contributed by atoms with Crippen molar-refractivity contribution in [3.05, 3.63) is 57.8 Å². The van der Waals surface area contributed by atoms with Crippen molar-refractivity contribution < 1.29 is 14.6 Å². The third-order valence-corrected chi connectivity index (χ3v) is 3.08. The van der Waals surface area contributed by atoms with Crippen LogP contribution in [0.1, 0.15) is 36.8 Å². The molecule has 0 bridgehead atoms. The Morgan fingerprint density at radius 2 is 2.14 bits per heavy atom. The Kier molecular flexibility index (Phi) is 4.93. The summed E-state index contributed by atoms with van der Waals surface area (Å²) in [6, 6.07) is 8.86. The zero-order valence-electron chi connectivity index (χ0n) is 12.5.